The summed E-state index contributed by atoms with van der Waals surface area (Å²) in [5.74, 6) is -0.537. The maximum Gasteiger partial charge on any atom is 0.306 e. The number of allylic oxidation sites excluding steroid dienone is 11. The van der Waals surface area contributed by atoms with Crippen LogP contribution in [0.1, 0.15) is 297 Å². The highest BCUT2D eigenvalue weighted by Crippen LogP contribution is 2.38. The molecule has 0 heterocycles. The van der Waals surface area contributed by atoms with E-state index in [0.29, 0.717) is 17.4 Å². The minimum absolute atomic E-state index is 0.0233. The van der Waals surface area contributed by atoms with Crippen molar-refractivity contribution in [2.45, 2.75) is 309 Å². The number of hydrogen-bond donors (Lipinski definition) is 1. The second kappa shape index (κ2) is 57.7. The number of nitrogens with one attached hydrogen (secondary N) is 1. The first kappa shape index (κ1) is 75.5. The van der Waals surface area contributed by atoms with Crippen molar-refractivity contribution in [1.29, 1.82) is 0 Å². The Morgan fingerprint density at radius 1 is 0.462 bits per heavy atom. The van der Waals surface area contributed by atoms with Gasteiger partial charge in [-0.15, -0.1) is 0 Å². The number of phosphoric ester groups is 1. The van der Waals surface area contributed by atoms with Crippen molar-refractivity contribution >= 4 is 19.7 Å². The third kappa shape index (κ3) is 58.1. The van der Waals surface area contributed by atoms with Gasteiger partial charge in [0.1, 0.15) is 19.3 Å². The Labute approximate surface area is 483 Å². The molecule has 0 aromatic heterocycles. The van der Waals surface area contributed by atoms with Crippen molar-refractivity contribution in [3.8, 4) is 0 Å². The Hall–Kier alpha value is -2.55. The summed E-state index contributed by atoms with van der Waals surface area (Å²) >= 11 is 0. The largest absolute Gasteiger partial charge is 0.756 e. The normalized spacial score (nSPS) is 14.1. The van der Waals surface area contributed by atoms with Gasteiger partial charge < -0.3 is 28.5 Å². The molecule has 0 saturated heterocycles. The number of carbonyl (C=O) groups excluding carboxylic acids is 2. The first-order valence-electron chi connectivity index (χ1n) is 32.7. The lowest BCUT2D eigenvalue weighted by molar-refractivity contribution is -0.870. The monoisotopic (exact) mass is 1110 g/mol. The van der Waals surface area contributed by atoms with Crippen molar-refractivity contribution in [3.63, 3.8) is 0 Å². The van der Waals surface area contributed by atoms with Crippen molar-refractivity contribution < 1.29 is 37.3 Å². The predicted molar refractivity (Wildman–Crippen MR) is 335 cm³/mol. The molecule has 3 unspecified atom stereocenters. The highest BCUT2D eigenvalue weighted by atomic mass is 31.2. The van der Waals surface area contributed by atoms with Gasteiger partial charge in [-0.05, 0) is 76.7 Å². The molecule has 454 valence electrons. The summed E-state index contributed by atoms with van der Waals surface area (Å²) in [4.78, 5) is 40.0. The predicted octanol–water partition coefficient (Wildman–Crippen LogP) is 19.8. The van der Waals surface area contributed by atoms with Gasteiger partial charge in [0.25, 0.3) is 7.82 Å². The molecule has 0 saturated carbocycles. The number of amides is 1. The summed E-state index contributed by atoms with van der Waals surface area (Å²) in [6.07, 6.45) is 74.4. The molecule has 1 N–H and O–H groups in total. The van der Waals surface area contributed by atoms with Gasteiger partial charge in [-0.2, -0.15) is 0 Å². The molecule has 0 aliphatic rings. The number of unbranched alkanes of at least 4 members (excludes halogenated alkanes) is 33. The quantitative estimate of drug-likeness (QED) is 0.0212. The Kier molecular flexibility index (Phi) is 55.8. The molecule has 0 aromatic rings. The molecule has 3 atom stereocenters. The van der Waals surface area contributed by atoms with Gasteiger partial charge in [-0.25, -0.2) is 0 Å². The fourth-order valence-corrected chi connectivity index (χ4v) is 10.1. The molecule has 0 aromatic carbocycles. The van der Waals surface area contributed by atoms with Crippen LogP contribution in [-0.4, -0.2) is 69.4 Å². The van der Waals surface area contributed by atoms with Gasteiger partial charge in [0.15, 0.2) is 0 Å². The minimum Gasteiger partial charge on any atom is -0.756 e. The number of likely N-dealkylation sites (N-methyl/N-ethyl adjacent to an activating group) is 1. The van der Waals surface area contributed by atoms with Gasteiger partial charge in [-0.3, -0.25) is 14.2 Å². The molecule has 0 spiro atoms. The van der Waals surface area contributed by atoms with Crippen LogP contribution in [0.15, 0.2) is 72.9 Å². The fourth-order valence-electron chi connectivity index (χ4n) is 9.37. The molecule has 0 fully saturated rings. The lowest BCUT2D eigenvalue weighted by atomic mass is 10.0. The van der Waals surface area contributed by atoms with E-state index in [-0.39, 0.29) is 31.5 Å². The van der Waals surface area contributed by atoms with E-state index < -0.39 is 20.0 Å². The summed E-state index contributed by atoms with van der Waals surface area (Å²) < 4.78 is 30.3. The SMILES string of the molecule is CC/C=C\C/C=C\C/C=C\C/C=C\C/C=C\CCCCCCCCCCCCCC(=O)NC(COP(=O)([O-])OCC[N+](C)(C)C)C(/C=C\CCCCCCCCCCC)OC(=O)CCCCCCCCCCCCCCCC. The molecule has 0 bridgehead atoms. The van der Waals surface area contributed by atoms with Crippen LogP contribution in [0.3, 0.4) is 0 Å². The zero-order chi connectivity index (χ0) is 57.2. The van der Waals surface area contributed by atoms with Crippen LogP contribution in [0.4, 0.5) is 0 Å². The molecule has 0 radical (unpaired) electrons. The number of rotatable bonds is 59. The Morgan fingerprint density at radius 3 is 1.23 bits per heavy atom. The van der Waals surface area contributed by atoms with Crippen LogP contribution in [0.5, 0.6) is 0 Å². The van der Waals surface area contributed by atoms with Crippen molar-refractivity contribution in [2.75, 3.05) is 40.9 Å². The minimum atomic E-state index is -4.70. The summed E-state index contributed by atoms with van der Waals surface area (Å²) in [5.41, 5.74) is 0. The average Bonchev–Trinajstić information content (AvgIpc) is 3.41. The van der Waals surface area contributed by atoms with Crippen LogP contribution in [-0.2, 0) is 27.9 Å². The Balaban J connectivity index is 5.03. The van der Waals surface area contributed by atoms with Crippen molar-refractivity contribution in [1.82, 2.24) is 5.32 Å². The van der Waals surface area contributed by atoms with Crippen LogP contribution in [0.2, 0.25) is 0 Å². The lowest BCUT2D eigenvalue weighted by Gasteiger charge is -2.30. The van der Waals surface area contributed by atoms with E-state index in [1.165, 1.54) is 167 Å². The third-order valence-electron chi connectivity index (χ3n) is 14.4. The zero-order valence-corrected chi connectivity index (χ0v) is 52.8. The zero-order valence-electron chi connectivity index (χ0n) is 51.9. The van der Waals surface area contributed by atoms with E-state index in [1.807, 2.05) is 33.3 Å². The first-order chi connectivity index (χ1) is 37.9. The maximum absolute atomic E-state index is 13.5. The summed E-state index contributed by atoms with van der Waals surface area (Å²) in [6.45, 7) is 6.74. The van der Waals surface area contributed by atoms with Gasteiger partial charge in [0.2, 0.25) is 5.91 Å². The Bertz CT molecular complexity index is 1570. The number of phosphoric acid groups is 1. The van der Waals surface area contributed by atoms with Crippen LogP contribution in [0.25, 0.3) is 0 Å². The number of hydrogen-bond acceptors (Lipinski definition) is 7. The smallest absolute Gasteiger partial charge is 0.306 e. The molecule has 1 amide bonds. The van der Waals surface area contributed by atoms with Crippen LogP contribution >= 0.6 is 7.82 Å². The summed E-state index contributed by atoms with van der Waals surface area (Å²) in [6, 6.07) is -0.889. The van der Waals surface area contributed by atoms with Gasteiger partial charge in [0.05, 0.1) is 33.8 Å². The van der Waals surface area contributed by atoms with E-state index in [2.05, 4.69) is 86.8 Å². The summed E-state index contributed by atoms with van der Waals surface area (Å²) in [7, 11) is 1.19. The van der Waals surface area contributed by atoms with Crippen molar-refractivity contribution in [2.24, 2.45) is 0 Å². The number of quaternary nitrogens is 1. The standard InChI is InChI=1S/C68H125N2O7P/c1-7-10-13-16-19-22-25-27-29-30-31-32-33-34-35-36-37-38-39-40-41-42-45-48-51-54-57-60-67(71)69-65(64-76-78(73,74)75-63-62-70(4,5)6)66(59-56-53-50-47-44-24-21-18-15-12-9-3)77-68(72)61-58-55-52-49-46-43-28-26-23-20-17-14-11-8-2/h10,13,19,22,27,29,31-32,34-35,56,59,65-66H,7-9,11-12,14-18,20-21,23-26,28,30,33,36-55,57-58,60-64H2,1-6H3,(H-,69,71,73,74)/b13-10-,22-19-,29-27-,32-31-,35-34-,59-56-. The van der Waals surface area contributed by atoms with Gasteiger partial charge >= 0.3 is 5.97 Å². The molecule has 0 rings (SSSR count). The second-order valence-corrected chi connectivity index (χ2v) is 24.7. The fraction of sp³-hybridized carbons (Fsp3) is 0.794. The highest BCUT2D eigenvalue weighted by molar-refractivity contribution is 7.45. The van der Waals surface area contributed by atoms with E-state index in [1.54, 1.807) is 0 Å². The van der Waals surface area contributed by atoms with E-state index in [9.17, 15) is 19.0 Å². The number of ether oxygens (including phenoxy) is 1. The Morgan fingerprint density at radius 2 is 0.821 bits per heavy atom. The van der Waals surface area contributed by atoms with E-state index in [4.69, 9.17) is 13.8 Å². The van der Waals surface area contributed by atoms with Crippen molar-refractivity contribution in [3.05, 3.63) is 72.9 Å². The molecule has 10 heteroatoms. The highest BCUT2D eigenvalue weighted by Gasteiger charge is 2.27. The lowest BCUT2D eigenvalue weighted by Crippen LogP contribution is -2.47. The molecule has 0 aliphatic heterocycles. The first-order valence-corrected chi connectivity index (χ1v) is 34.2. The number of carbonyl (C=O) groups is 2. The molecule has 0 aliphatic carbocycles. The third-order valence-corrected chi connectivity index (χ3v) is 15.4. The molecule has 78 heavy (non-hydrogen) atoms. The molecular formula is C68H125N2O7P. The van der Waals surface area contributed by atoms with Gasteiger partial charge in [0, 0.05) is 12.8 Å². The van der Waals surface area contributed by atoms with E-state index in [0.717, 1.165) is 96.3 Å². The average molecular weight is 1110 g/mol. The second-order valence-electron chi connectivity index (χ2n) is 23.2. The topological polar surface area (TPSA) is 114 Å². The number of esters is 1. The number of nitrogens with zero attached hydrogens (tertiary/aromatic N) is 1. The molecular weight excluding hydrogens is 988 g/mol. The van der Waals surface area contributed by atoms with E-state index >= 15 is 0 Å². The summed E-state index contributed by atoms with van der Waals surface area (Å²) in [5, 5.41) is 3.03. The van der Waals surface area contributed by atoms with Crippen LogP contribution < -0.4 is 10.2 Å². The van der Waals surface area contributed by atoms with Crippen LogP contribution in [0, 0.1) is 0 Å². The molecule has 9 nitrogen and oxygen atoms in total. The maximum atomic E-state index is 13.5. The van der Waals surface area contributed by atoms with Gasteiger partial charge in [-0.1, -0.05) is 280 Å².